The molecule has 3 aromatic rings. The van der Waals surface area contributed by atoms with Gasteiger partial charge in [0, 0.05) is 39.0 Å². The standard InChI is InChI=1S/C16H21N5S/c1-4-14-18-15(13-6-11-22-16(13)19-14)20(3)8-5-9-21-10-7-17-12(21)2/h6-7,10-11H,4-5,8-9H2,1-3H3. The molecule has 22 heavy (non-hydrogen) atoms. The Kier molecular flexibility index (Phi) is 4.38. The predicted octanol–water partition coefficient (Wildman–Crippen LogP) is 3.29. The van der Waals surface area contributed by atoms with Crippen molar-refractivity contribution in [2.24, 2.45) is 0 Å². The Balaban J connectivity index is 1.73. The lowest BCUT2D eigenvalue weighted by molar-refractivity contribution is 0.621. The molecule has 0 unspecified atom stereocenters. The molecule has 0 atom stereocenters. The van der Waals surface area contributed by atoms with Crippen LogP contribution in [0, 0.1) is 6.92 Å². The molecule has 0 aliphatic rings. The van der Waals surface area contributed by atoms with Crippen molar-refractivity contribution in [1.82, 2.24) is 19.5 Å². The van der Waals surface area contributed by atoms with Gasteiger partial charge in [-0.15, -0.1) is 11.3 Å². The number of hydrogen-bond acceptors (Lipinski definition) is 5. The van der Waals surface area contributed by atoms with Crippen molar-refractivity contribution < 1.29 is 0 Å². The molecule has 0 N–H and O–H groups in total. The minimum Gasteiger partial charge on any atom is -0.359 e. The Morgan fingerprint density at radius 1 is 1.32 bits per heavy atom. The number of rotatable bonds is 6. The molecular weight excluding hydrogens is 294 g/mol. The molecule has 0 fully saturated rings. The summed E-state index contributed by atoms with van der Waals surface area (Å²) in [4.78, 5) is 16.9. The molecule has 0 spiro atoms. The number of hydrogen-bond donors (Lipinski definition) is 0. The van der Waals surface area contributed by atoms with Gasteiger partial charge in [-0.1, -0.05) is 6.92 Å². The normalized spacial score (nSPS) is 11.2. The van der Waals surface area contributed by atoms with E-state index in [0.29, 0.717) is 0 Å². The maximum atomic E-state index is 4.73. The zero-order valence-corrected chi connectivity index (χ0v) is 14.1. The van der Waals surface area contributed by atoms with Gasteiger partial charge in [-0.05, 0) is 24.8 Å². The fourth-order valence-corrected chi connectivity index (χ4v) is 3.33. The summed E-state index contributed by atoms with van der Waals surface area (Å²) >= 11 is 1.68. The fraction of sp³-hybridized carbons (Fsp3) is 0.438. The van der Waals surface area contributed by atoms with Gasteiger partial charge in [-0.25, -0.2) is 15.0 Å². The smallest absolute Gasteiger partial charge is 0.140 e. The maximum absolute atomic E-state index is 4.73. The van der Waals surface area contributed by atoms with Crippen molar-refractivity contribution in [3.05, 3.63) is 35.5 Å². The highest BCUT2D eigenvalue weighted by Gasteiger charge is 2.12. The van der Waals surface area contributed by atoms with E-state index in [0.717, 1.165) is 53.6 Å². The molecule has 116 valence electrons. The zero-order chi connectivity index (χ0) is 15.5. The minimum absolute atomic E-state index is 0.864. The molecule has 3 heterocycles. The van der Waals surface area contributed by atoms with E-state index >= 15 is 0 Å². The van der Waals surface area contributed by atoms with Crippen LogP contribution in [0.4, 0.5) is 5.82 Å². The van der Waals surface area contributed by atoms with Crippen molar-refractivity contribution in [2.75, 3.05) is 18.5 Å². The van der Waals surface area contributed by atoms with Crippen LogP contribution in [0.2, 0.25) is 0 Å². The molecule has 0 bridgehead atoms. The predicted molar refractivity (Wildman–Crippen MR) is 91.6 cm³/mol. The van der Waals surface area contributed by atoms with Gasteiger partial charge in [0.05, 0.1) is 5.39 Å². The summed E-state index contributed by atoms with van der Waals surface area (Å²) in [6.45, 7) is 6.08. The molecular formula is C16H21N5S. The van der Waals surface area contributed by atoms with Gasteiger partial charge in [0.15, 0.2) is 0 Å². The number of thiophene rings is 1. The number of imidazole rings is 1. The van der Waals surface area contributed by atoms with Crippen LogP contribution in [0.25, 0.3) is 10.2 Å². The SMILES string of the molecule is CCc1nc(N(C)CCCn2ccnc2C)c2ccsc2n1. The van der Waals surface area contributed by atoms with E-state index in [2.05, 4.69) is 44.9 Å². The van der Waals surface area contributed by atoms with Gasteiger partial charge in [0.25, 0.3) is 0 Å². The second-order valence-corrected chi connectivity index (χ2v) is 6.29. The molecule has 3 rings (SSSR count). The quantitative estimate of drug-likeness (QED) is 0.700. The first-order chi connectivity index (χ1) is 10.7. The summed E-state index contributed by atoms with van der Waals surface area (Å²) in [7, 11) is 2.11. The second-order valence-electron chi connectivity index (χ2n) is 5.40. The van der Waals surface area contributed by atoms with E-state index < -0.39 is 0 Å². The largest absolute Gasteiger partial charge is 0.359 e. The molecule has 0 amide bonds. The Bertz CT molecular complexity index is 761. The number of anilines is 1. The van der Waals surface area contributed by atoms with Crippen LogP contribution >= 0.6 is 11.3 Å². The Hall–Kier alpha value is -1.95. The molecule has 0 radical (unpaired) electrons. The van der Waals surface area contributed by atoms with E-state index in [9.17, 15) is 0 Å². The first-order valence-corrected chi connectivity index (χ1v) is 8.50. The van der Waals surface area contributed by atoms with Crippen LogP contribution in [0.5, 0.6) is 0 Å². The van der Waals surface area contributed by atoms with E-state index in [4.69, 9.17) is 4.98 Å². The third-order valence-corrected chi connectivity index (χ3v) is 4.65. The van der Waals surface area contributed by atoms with Crippen LogP contribution in [0.3, 0.4) is 0 Å². The van der Waals surface area contributed by atoms with Crippen molar-refractivity contribution in [3.63, 3.8) is 0 Å². The molecule has 0 aliphatic carbocycles. The Labute approximate surface area is 134 Å². The van der Waals surface area contributed by atoms with E-state index in [1.54, 1.807) is 11.3 Å². The highest BCUT2D eigenvalue weighted by molar-refractivity contribution is 7.16. The lowest BCUT2D eigenvalue weighted by Crippen LogP contribution is -2.22. The van der Waals surface area contributed by atoms with E-state index in [1.165, 1.54) is 0 Å². The molecule has 0 aliphatic heterocycles. The van der Waals surface area contributed by atoms with Crippen LogP contribution in [-0.2, 0) is 13.0 Å². The lowest BCUT2D eigenvalue weighted by atomic mass is 10.3. The highest BCUT2D eigenvalue weighted by Crippen LogP contribution is 2.27. The molecule has 0 aromatic carbocycles. The summed E-state index contributed by atoms with van der Waals surface area (Å²) in [5.74, 6) is 3.03. The summed E-state index contributed by atoms with van der Waals surface area (Å²) in [6.07, 6.45) is 5.81. The number of aryl methyl sites for hydroxylation is 3. The van der Waals surface area contributed by atoms with Crippen LogP contribution in [0.15, 0.2) is 23.8 Å². The zero-order valence-electron chi connectivity index (χ0n) is 13.3. The molecule has 0 saturated heterocycles. The fourth-order valence-electron chi connectivity index (χ4n) is 2.56. The summed E-state index contributed by atoms with van der Waals surface area (Å²) < 4.78 is 2.19. The lowest BCUT2D eigenvalue weighted by Gasteiger charge is -2.20. The molecule has 0 saturated carbocycles. The summed E-state index contributed by atoms with van der Waals surface area (Å²) in [5, 5.41) is 3.24. The van der Waals surface area contributed by atoms with Crippen LogP contribution < -0.4 is 4.90 Å². The van der Waals surface area contributed by atoms with Gasteiger partial charge >= 0.3 is 0 Å². The monoisotopic (exact) mass is 315 g/mol. The van der Waals surface area contributed by atoms with E-state index in [1.807, 2.05) is 19.3 Å². The number of aromatic nitrogens is 4. The average molecular weight is 315 g/mol. The molecule has 6 heteroatoms. The van der Waals surface area contributed by atoms with Gasteiger partial charge in [-0.2, -0.15) is 0 Å². The van der Waals surface area contributed by atoms with Gasteiger partial charge in [0.1, 0.15) is 22.3 Å². The minimum atomic E-state index is 0.864. The Morgan fingerprint density at radius 2 is 2.18 bits per heavy atom. The molecule has 3 aromatic heterocycles. The van der Waals surface area contributed by atoms with Gasteiger partial charge < -0.3 is 9.47 Å². The van der Waals surface area contributed by atoms with Crippen molar-refractivity contribution in [2.45, 2.75) is 33.2 Å². The highest BCUT2D eigenvalue weighted by atomic mass is 32.1. The van der Waals surface area contributed by atoms with Gasteiger partial charge in [-0.3, -0.25) is 0 Å². The average Bonchev–Trinajstić information content (AvgIpc) is 3.15. The Morgan fingerprint density at radius 3 is 2.91 bits per heavy atom. The third-order valence-electron chi connectivity index (χ3n) is 3.85. The first-order valence-electron chi connectivity index (χ1n) is 7.62. The maximum Gasteiger partial charge on any atom is 0.140 e. The number of nitrogens with zero attached hydrogens (tertiary/aromatic N) is 5. The van der Waals surface area contributed by atoms with E-state index in [-0.39, 0.29) is 0 Å². The van der Waals surface area contributed by atoms with Crippen LogP contribution in [0.1, 0.15) is 25.0 Å². The van der Waals surface area contributed by atoms with Crippen molar-refractivity contribution in [1.29, 1.82) is 0 Å². The number of fused-ring (bicyclic) bond motifs is 1. The van der Waals surface area contributed by atoms with Crippen LogP contribution in [-0.4, -0.2) is 33.1 Å². The summed E-state index contributed by atoms with van der Waals surface area (Å²) in [5.41, 5.74) is 0. The topological polar surface area (TPSA) is 46.8 Å². The van der Waals surface area contributed by atoms with Gasteiger partial charge in [0.2, 0.25) is 0 Å². The molecule has 5 nitrogen and oxygen atoms in total. The van der Waals surface area contributed by atoms with Crippen molar-refractivity contribution >= 4 is 27.4 Å². The second kappa shape index (κ2) is 6.44. The first kappa shape index (κ1) is 15.0. The third kappa shape index (κ3) is 2.97. The van der Waals surface area contributed by atoms with Crippen molar-refractivity contribution in [3.8, 4) is 0 Å². The summed E-state index contributed by atoms with van der Waals surface area (Å²) in [6, 6.07) is 2.12.